The molecule has 1 N–H and O–H groups in total. The molecule has 1 saturated heterocycles. The molecule has 2 aromatic heterocycles. The third-order valence-corrected chi connectivity index (χ3v) is 6.24. The Balaban J connectivity index is 1.87. The number of likely N-dealkylation sites (tertiary alicyclic amines) is 1. The van der Waals surface area contributed by atoms with Gasteiger partial charge in [0.05, 0.1) is 30.0 Å². The normalized spacial score (nSPS) is 17.4. The maximum absolute atomic E-state index is 13.2. The number of amides is 1. The van der Waals surface area contributed by atoms with Crippen LogP contribution >= 0.6 is 0 Å². The van der Waals surface area contributed by atoms with Crippen molar-refractivity contribution < 1.29 is 29.0 Å². The molecule has 0 radical (unpaired) electrons. The highest BCUT2D eigenvalue weighted by Gasteiger charge is 2.46. The number of aliphatic hydroxyl groups is 1. The molecule has 1 amide bonds. The van der Waals surface area contributed by atoms with Crippen LogP contribution in [0.4, 0.5) is 0 Å². The van der Waals surface area contributed by atoms with Crippen molar-refractivity contribution in [3.63, 3.8) is 0 Å². The van der Waals surface area contributed by atoms with E-state index >= 15 is 0 Å². The first kappa shape index (κ1) is 24.2. The van der Waals surface area contributed by atoms with Crippen LogP contribution in [0.1, 0.15) is 45.3 Å². The Hall–Kier alpha value is -3.98. The molecule has 0 aliphatic carbocycles. The number of Topliss-reactive ketones (excluding diaryl/α,β-unsaturated/α-hetero) is 1. The monoisotopic (exact) mass is 477 g/mol. The van der Waals surface area contributed by atoms with Crippen LogP contribution in [0.3, 0.4) is 0 Å². The van der Waals surface area contributed by atoms with E-state index in [2.05, 4.69) is 4.98 Å². The number of fused-ring (bicyclic) bond motifs is 1. The van der Waals surface area contributed by atoms with Gasteiger partial charge in [-0.05, 0) is 49.6 Å². The fraction of sp³-hybridized carbons (Fsp3) is 0.308. The van der Waals surface area contributed by atoms with Crippen molar-refractivity contribution in [1.29, 1.82) is 0 Å². The number of ether oxygens (including phenoxy) is 2. The highest BCUT2D eigenvalue weighted by molar-refractivity contribution is 6.46. The smallest absolute Gasteiger partial charge is 0.337 e. The van der Waals surface area contributed by atoms with E-state index in [1.807, 2.05) is 29.7 Å². The third kappa shape index (κ3) is 4.19. The number of hydrogen-bond donors (Lipinski definition) is 1. The van der Waals surface area contributed by atoms with Crippen LogP contribution in [0.5, 0.6) is 0 Å². The van der Waals surface area contributed by atoms with Crippen molar-refractivity contribution in [3.05, 3.63) is 76.2 Å². The number of nitrogens with zero attached hydrogens (tertiary/aromatic N) is 3. The summed E-state index contributed by atoms with van der Waals surface area (Å²) in [6.07, 6.45) is 2.33. The zero-order valence-electron chi connectivity index (χ0n) is 20.1. The Morgan fingerprint density at radius 3 is 2.46 bits per heavy atom. The Bertz CT molecular complexity index is 1340. The summed E-state index contributed by atoms with van der Waals surface area (Å²) in [7, 11) is 2.85. The molecule has 3 aromatic rings. The number of esters is 1. The minimum absolute atomic E-state index is 0.0394. The Morgan fingerprint density at radius 1 is 1.11 bits per heavy atom. The maximum Gasteiger partial charge on any atom is 0.337 e. The van der Waals surface area contributed by atoms with Crippen LogP contribution in [0.25, 0.3) is 11.4 Å². The number of hydrogen-bond acceptors (Lipinski definition) is 7. The Morgan fingerprint density at radius 2 is 1.83 bits per heavy atom. The molecule has 4 rings (SSSR count). The SMILES string of the molecule is COCCCN1C(=O)C(=O)C(=C(O)c2nc3c(C)cccn3c2C)C1c1ccc(C(=O)OC)cc1. The van der Waals surface area contributed by atoms with Gasteiger partial charge < -0.3 is 23.9 Å². The van der Waals surface area contributed by atoms with Gasteiger partial charge in [-0.2, -0.15) is 0 Å². The summed E-state index contributed by atoms with van der Waals surface area (Å²) in [6, 6.07) is 9.37. The summed E-state index contributed by atoms with van der Waals surface area (Å²) >= 11 is 0. The molecule has 9 heteroatoms. The fourth-order valence-electron chi connectivity index (χ4n) is 4.43. The number of rotatable bonds is 7. The minimum Gasteiger partial charge on any atom is -0.505 e. The van der Waals surface area contributed by atoms with Crippen LogP contribution in [-0.2, 0) is 19.1 Å². The van der Waals surface area contributed by atoms with E-state index in [4.69, 9.17) is 9.47 Å². The van der Waals surface area contributed by atoms with Gasteiger partial charge in [0, 0.05) is 26.5 Å². The van der Waals surface area contributed by atoms with Crippen molar-refractivity contribution in [2.24, 2.45) is 0 Å². The van der Waals surface area contributed by atoms with Crippen molar-refractivity contribution >= 4 is 29.1 Å². The topological polar surface area (TPSA) is 110 Å². The Labute approximate surface area is 202 Å². The van der Waals surface area contributed by atoms with E-state index in [1.54, 1.807) is 38.3 Å². The first-order valence-electron chi connectivity index (χ1n) is 11.2. The van der Waals surface area contributed by atoms with Crippen molar-refractivity contribution in [2.75, 3.05) is 27.4 Å². The lowest BCUT2D eigenvalue weighted by Gasteiger charge is -2.25. The number of imidazole rings is 1. The predicted octanol–water partition coefficient (Wildman–Crippen LogP) is 3.20. The van der Waals surface area contributed by atoms with Crippen LogP contribution in [0.2, 0.25) is 0 Å². The van der Waals surface area contributed by atoms with Gasteiger partial charge in [-0.3, -0.25) is 9.59 Å². The van der Waals surface area contributed by atoms with Crippen molar-refractivity contribution in [2.45, 2.75) is 26.3 Å². The summed E-state index contributed by atoms with van der Waals surface area (Å²) in [5, 5.41) is 11.4. The lowest BCUT2D eigenvalue weighted by atomic mass is 9.95. The molecule has 3 heterocycles. The summed E-state index contributed by atoms with van der Waals surface area (Å²) in [6.45, 7) is 4.36. The zero-order valence-corrected chi connectivity index (χ0v) is 20.1. The van der Waals surface area contributed by atoms with Crippen molar-refractivity contribution in [3.8, 4) is 0 Å². The number of benzene rings is 1. The standard InChI is InChI=1S/C26H27N3O6/c1-15-7-5-12-28-16(2)20(27-24(15)28)22(30)19-21(17-8-10-18(11-9-17)26(33)35-4)29(13-6-14-34-3)25(32)23(19)31/h5,7-12,21,30H,6,13-14H2,1-4H3. The van der Waals surface area contributed by atoms with Gasteiger partial charge in [-0.1, -0.05) is 18.2 Å². The van der Waals surface area contributed by atoms with Crippen molar-refractivity contribution in [1.82, 2.24) is 14.3 Å². The highest BCUT2D eigenvalue weighted by atomic mass is 16.5. The number of pyridine rings is 1. The zero-order chi connectivity index (χ0) is 25.3. The number of aromatic nitrogens is 2. The van der Waals surface area contributed by atoms with E-state index in [1.165, 1.54) is 12.0 Å². The summed E-state index contributed by atoms with van der Waals surface area (Å²) in [5.74, 6) is -2.32. The molecule has 0 saturated carbocycles. The second-order valence-corrected chi connectivity index (χ2v) is 8.38. The lowest BCUT2D eigenvalue weighted by molar-refractivity contribution is -0.140. The summed E-state index contributed by atoms with van der Waals surface area (Å²) in [5.41, 5.74) is 3.32. The molecule has 182 valence electrons. The average Bonchev–Trinajstić information content (AvgIpc) is 3.33. The molecular formula is C26H27N3O6. The van der Waals surface area contributed by atoms with Gasteiger partial charge in [0.25, 0.3) is 11.7 Å². The molecule has 1 aromatic carbocycles. The lowest BCUT2D eigenvalue weighted by Crippen LogP contribution is -2.31. The Kier molecular flexibility index (Phi) is 6.70. The quantitative estimate of drug-likeness (QED) is 0.183. The van der Waals surface area contributed by atoms with Gasteiger partial charge in [0.2, 0.25) is 0 Å². The predicted molar refractivity (Wildman–Crippen MR) is 128 cm³/mol. The second kappa shape index (κ2) is 9.71. The van der Waals surface area contributed by atoms with E-state index in [0.717, 1.165) is 5.56 Å². The van der Waals surface area contributed by atoms with Gasteiger partial charge in [-0.25, -0.2) is 9.78 Å². The van der Waals surface area contributed by atoms with Gasteiger partial charge in [0.1, 0.15) is 11.3 Å². The first-order valence-corrected chi connectivity index (χ1v) is 11.2. The maximum atomic E-state index is 13.2. The molecule has 1 fully saturated rings. The third-order valence-electron chi connectivity index (χ3n) is 6.24. The van der Waals surface area contributed by atoms with Crippen LogP contribution in [-0.4, -0.2) is 64.4 Å². The minimum atomic E-state index is -0.844. The van der Waals surface area contributed by atoms with Crippen LogP contribution in [0, 0.1) is 13.8 Å². The van der Waals surface area contributed by atoms with E-state index in [-0.39, 0.29) is 23.6 Å². The summed E-state index contributed by atoms with van der Waals surface area (Å²) in [4.78, 5) is 44.2. The molecule has 9 nitrogen and oxygen atoms in total. The molecular weight excluding hydrogens is 450 g/mol. The molecule has 0 spiro atoms. The number of aliphatic hydroxyl groups excluding tert-OH is 1. The number of ketones is 1. The first-order chi connectivity index (χ1) is 16.8. The molecule has 1 aliphatic rings. The number of methoxy groups -OCH3 is 2. The largest absolute Gasteiger partial charge is 0.505 e. The average molecular weight is 478 g/mol. The van der Waals surface area contributed by atoms with Gasteiger partial charge in [-0.15, -0.1) is 0 Å². The summed E-state index contributed by atoms with van der Waals surface area (Å²) < 4.78 is 11.7. The number of carbonyl (C=O) groups is 3. The number of aryl methyl sites for hydroxylation is 2. The fourth-order valence-corrected chi connectivity index (χ4v) is 4.43. The van der Waals surface area contributed by atoms with E-state index in [9.17, 15) is 19.5 Å². The molecule has 1 unspecified atom stereocenters. The molecule has 1 aliphatic heterocycles. The van der Waals surface area contributed by atoms with E-state index < -0.39 is 23.7 Å². The molecule has 0 bridgehead atoms. The van der Waals surface area contributed by atoms with Crippen LogP contribution < -0.4 is 0 Å². The second-order valence-electron chi connectivity index (χ2n) is 8.38. The molecule has 1 atom stereocenters. The number of carbonyl (C=O) groups excluding carboxylic acids is 3. The highest BCUT2D eigenvalue weighted by Crippen LogP contribution is 2.40. The van der Waals surface area contributed by atoms with E-state index in [0.29, 0.717) is 35.5 Å². The van der Waals surface area contributed by atoms with Gasteiger partial charge >= 0.3 is 5.97 Å². The van der Waals surface area contributed by atoms with Gasteiger partial charge in [0.15, 0.2) is 5.76 Å². The van der Waals surface area contributed by atoms with Crippen LogP contribution in [0.15, 0.2) is 48.2 Å². The molecule has 35 heavy (non-hydrogen) atoms.